The number of allylic oxidation sites excluding steroid dienone is 1. The predicted molar refractivity (Wildman–Crippen MR) is 225 cm³/mol. The van der Waals surface area contributed by atoms with E-state index in [-0.39, 0.29) is 48.9 Å². The smallest absolute Gasteiger partial charge is 0.339 e. The largest absolute Gasteiger partial charge is 0.487 e. The Bertz CT molecular complexity index is 2270. The molecule has 0 aliphatic heterocycles. The fourth-order valence-corrected chi connectivity index (χ4v) is 4.47. The van der Waals surface area contributed by atoms with Gasteiger partial charge in [-0.15, -0.1) is 0 Å². The number of ketones is 1. The average Bonchev–Trinajstić information content (AvgIpc) is 3.27. The molecule has 0 aromatic heterocycles. The lowest BCUT2D eigenvalue weighted by Gasteiger charge is -2.13. The molecule has 0 heterocycles. The number of Topliss-reactive ketones (excluding diaryl/α,β-unsaturated/α-hetero) is 1. The van der Waals surface area contributed by atoms with E-state index in [0.29, 0.717) is 24.3 Å². The molecule has 0 saturated carbocycles. The first-order chi connectivity index (χ1) is 31.7. The summed E-state index contributed by atoms with van der Waals surface area (Å²) in [4.78, 5) is 141. The van der Waals surface area contributed by atoms with E-state index in [9.17, 15) is 78.0 Å². The summed E-state index contributed by atoms with van der Waals surface area (Å²) < 4.78 is 38.6. The predicted octanol–water partition coefficient (Wildman–Crippen LogP) is 3.27. The Kier molecular flexibility index (Phi) is 23.0. The molecule has 0 amide bonds. The summed E-state index contributed by atoms with van der Waals surface area (Å²) in [7, 11) is 0. The third kappa shape index (κ3) is 18.3. The van der Waals surface area contributed by atoms with E-state index in [1.54, 1.807) is 0 Å². The number of carbonyl (C=O) groups excluding carboxylic acids is 8. The Morgan fingerprint density at radius 1 is 0.338 bits per heavy atom. The number of carbonyl (C=O) groups is 12. The van der Waals surface area contributed by atoms with E-state index in [0.717, 1.165) is 0 Å². The standard InChI is InChI=1S/2C22H22O12/c1-11(2)19(27)31-5-7-33-21(29)15-10-16(14(18(25)26)9-13(15)17(23)24)22(30)34-8-6-32-20(28)12(3)4;1-11(2)20(28)32-7-8-34-22(30)17-10-14(18(24)25)16(9-15(17)19(26)27)21(29)33-6-5-31-13(4)12(3)23/h9-10H,1,3,5-8H2,2,4H3,(H,23,24)(H,25,26);9-10H,1,4-8H2,2-3H3,(H,24,25)(H,26,27). The number of esters is 7. The Morgan fingerprint density at radius 2 is 0.529 bits per heavy atom. The minimum absolute atomic E-state index is 0.112. The molecule has 2 rings (SSSR count). The van der Waals surface area contributed by atoms with E-state index < -0.39 is 142 Å². The lowest BCUT2D eigenvalue weighted by atomic mass is 9.98. The summed E-state index contributed by atoms with van der Waals surface area (Å²) in [5.41, 5.74) is -5.14. The van der Waals surface area contributed by atoms with Crippen LogP contribution < -0.4 is 0 Å². The van der Waals surface area contributed by atoms with Gasteiger partial charge in [-0.3, -0.25) is 4.79 Å². The van der Waals surface area contributed by atoms with Crippen molar-refractivity contribution in [1.29, 1.82) is 0 Å². The first-order valence-electron chi connectivity index (χ1n) is 19.0. The van der Waals surface area contributed by atoms with Crippen molar-refractivity contribution < 1.29 is 116 Å². The molecule has 0 atom stereocenters. The molecule has 0 unspecified atom stereocenters. The topological polar surface area (TPSA) is 360 Å². The Hall–Kier alpha value is -8.96. The van der Waals surface area contributed by atoms with Crippen molar-refractivity contribution in [3.8, 4) is 0 Å². The number of carboxylic acid groups (broad SMARTS) is 4. The Labute approximate surface area is 384 Å². The van der Waals surface area contributed by atoms with Gasteiger partial charge in [0, 0.05) is 23.6 Å². The summed E-state index contributed by atoms with van der Waals surface area (Å²) in [6.07, 6.45) is 0. The molecule has 0 aliphatic carbocycles. The minimum atomic E-state index is -1.66. The van der Waals surface area contributed by atoms with Crippen molar-refractivity contribution in [2.24, 2.45) is 0 Å². The van der Waals surface area contributed by atoms with Gasteiger partial charge in [-0.1, -0.05) is 26.3 Å². The molecular formula is C44H44O24. The third-order valence-electron chi connectivity index (χ3n) is 7.80. The van der Waals surface area contributed by atoms with Crippen LogP contribution in [0.15, 0.2) is 73.1 Å². The zero-order valence-electron chi connectivity index (χ0n) is 36.7. The van der Waals surface area contributed by atoms with Crippen LogP contribution in [-0.4, -0.2) is 145 Å². The Balaban J connectivity index is 0.000000680. The molecule has 0 bridgehead atoms. The van der Waals surface area contributed by atoms with Crippen molar-refractivity contribution in [3.63, 3.8) is 0 Å². The molecule has 0 fully saturated rings. The van der Waals surface area contributed by atoms with Crippen LogP contribution in [0.3, 0.4) is 0 Å². The molecular weight excluding hydrogens is 912 g/mol. The molecule has 0 radical (unpaired) electrons. The van der Waals surface area contributed by atoms with Crippen LogP contribution in [0.1, 0.15) is 111 Å². The second-order valence-corrected chi connectivity index (χ2v) is 13.2. The zero-order chi connectivity index (χ0) is 52.0. The summed E-state index contributed by atoms with van der Waals surface area (Å²) >= 11 is 0. The Morgan fingerprint density at radius 3 is 0.735 bits per heavy atom. The van der Waals surface area contributed by atoms with Crippen LogP contribution in [0.2, 0.25) is 0 Å². The molecule has 68 heavy (non-hydrogen) atoms. The van der Waals surface area contributed by atoms with Crippen LogP contribution in [0.5, 0.6) is 0 Å². The van der Waals surface area contributed by atoms with Crippen molar-refractivity contribution >= 4 is 71.4 Å². The van der Waals surface area contributed by atoms with Gasteiger partial charge in [0.2, 0.25) is 0 Å². The minimum Gasteiger partial charge on any atom is -0.487 e. The maximum absolute atomic E-state index is 12.4. The first-order valence-corrected chi connectivity index (χ1v) is 19.0. The summed E-state index contributed by atoms with van der Waals surface area (Å²) in [5, 5.41) is 37.6. The quantitative estimate of drug-likeness (QED) is 0.0365. The van der Waals surface area contributed by atoms with Crippen molar-refractivity contribution in [2.45, 2.75) is 27.7 Å². The van der Waals surface area contributed by atoms with E-state index in [2.05, 4.69) is 26.3 Å². The van der Waals surface area contributed by atoms with Gasteiger partial charge >= 0.3 is 65.7 Å². The second kappa shape index (κ2) is 27.4. The van der Waals surface area contributed by atoms with E-state index in [1.807, 2.05) is 0 Å². The van der Waals surface area contributed by atoms with Crippen LogP contribution in [-0.2, 0) is 57.1 Å². The second-order valence-electron chi connectivity index (χ2n) is 13.2. The van der Waals surface area contributed by atoms with Crippen molar-refractivity contribution in [1.82, 2.24) is 0 Å². The highest BCUT2D eigenvalue weighted by Gasteiger charge is 2.29. The number of ether oxygens (including phenoxy) is 8. The van der Waals surface area contributed by atoms with Gasteiger partial charge in [0.25, 0.3) is 0 Å². The van der Waals surface area contributed by atoms with Crippen LogP contribution in [0.25, 0.3) is 0 Å². The number of rotatable bonds is 25. The first kappa shape index (κ1) is 57.1. The molecule has 24 heteroatoms. The zero-order valence-corrected chi connectivity index (χ0v) is 36.7. The summed E-state index contributed by atoms with van der Waals surface area (Å²) in [6, 6.07) is 2.65. The van der Waals surface area contributed by atoms with E-state index >= 15 is 0 Å². The lowest BCUT2D eigenvalue weighted by molar-refractivity contribution is -0.140. The summed E-state index contributed by atoms with van der Waals surface area (Å²) in [6.45, 7) is 15.8. The molecule has 0 aliphatic rings. The molecule has 2 aromatic carbocycles. The molecule has 0 spiro atoms. The van der Waals surface area contributed by atoms with Crippen molar-refractivity contribution in [2.75, 3.05) is 52.9 Å². The van der Waals surface area contributed by atoms with Gasteiger partial charge < -0.3 is 58.3 Å². The van der Waals surface area contributed by atoms with Gasteiger partial charge in [-0.25, -0.2) is 52.7 Å². The highest BCUT2D eigenvalue weighted by Crippen LogP contribution is 2.22. The van der Waals surface area contributed by atoms with Crippen LogP contribution >= 0.6 is 0 Å². The number of aromatic carboxylic acids is 4. The fourth-order valence-electron chi connectivity index (χ4n) is 4.47. The number of benzene rings is 2. The number of hydrogen-bond donors (Lipinski definition) is 4. The van der Waals surface area contributed by atoms with E-state index in [1.165, 1.54) is 27.7 Å². The van der Waals surface area contributed by atoms with Gasteiger partial charge in [0.05, 0.1) is 44.5 Å². The number of carboxylic acids is 4. The van der Waals surface area contributed by atoms with Gasteiger partial charge in [0.15, 0.2) is 11.5 Å². The van der Waals surface area contributed by atoms with Gasteiger partial charge in [-0.05, 0) is 45.0 Å². The maximum atomic E-state index is 12.4. The molecule has 24 nitrogen and oxygen atoms in total. The summed E-state index contributed by atoms with van der Waals surface area (Å²) in [5.74, 6) is -14.3. The fraction of sp³-hybridized carbons (Fsp3) is 0.273. The van der Waals surface area contributed by atoms with Crippen LogP contribution in [0.4, 0.5) is 0 Å². The molecule has 2 aromatic rings. The maximum Gasteiger partial charge on any atom is 0.339 e. The highest BCUT2D eigenvalue weighted by atomic mass is 16.6. The third-order valence-corrected chi connectivity index (χ3v) is 7.80. The molecule has 4 N–H and O–H groups in total. The number of hydrogen-bond acceptors (Lipinski definition) is 20. The van der Waals surface area contributed by atoms with Gasteiger partial charge in [-0.2, -0.15) is 0 Å². The average molecular weight is 957 g/mol. The van der Waals surface area contributed by atoms with Crippen molar-refractivity contribution in [3.05, 3.63) is 118 Å². The van der Waals surface area contributed by atoms with Gasteiger partial charge in [0.1, 0.15) is 52.9 Å². The molecule has 364 valence electrons. The van der Waals surface area contributed by atoms with E-state index in [4.69, 9.17) is 37.9 Å². The normalized spacial score (nSPS) is 9.94. The highest BCUT2D eigenvalue weighted by molar-refractivity contribution is 6.11. The van der Waals surface area contributed by atoms with Crippen LogP contribution in [0, 0.1) is 0 Å². The monoisotopic (exact) mass is 956 g/mol. The molecule has 0 saturated heterocycles. The SMILES string of the molecule is C=C(C)C(=O)OCCOC(=O)c1cc(C(=O)O)c(C(=O)OCCOC(=C)C(C)=O)cc1C(=O)O.C=C(C)C(=O)OCCOC(=O)c1cc(C(=O)OCCOC(=O)C(=C)C)c(C(=O)O)cc1C(=O)O. The lowest BCUT2D eigenvalue weighted by Crippen LogP contribution is -2.21.